The first-order chi connectivity index (χ1) is 15.6. The minimum absolute atomic E-state index is 0.165. The molecule has 10 heteroatoms. The van der Waals surface area contributed by atoms with Crippen molar-refractivity contribution in [2.24, 2.45) is 11.8 Å². The number of amides is 2. The van der Waals surface area contributed by atoms with Crippen LogP contribution < -0.4 is 10.6 Å². The normalized spacial score (nSPS) is 19.4. The number of rotatable bonds is 5. The van der Waals surface area contributed by atoms with Crippen molar-refractivity contribution in [1.29, 1.82) is 0 Å². The minimum Gasteiger partial charge on any atom is -0.326 e. The van der Waals surface area contributed by atoms with E-state index in [-0.39, 0.29) is 16.7 Å². The van der Waals surface area contributed by atoms with E-state index in [2.05, 4.69) is 29.5 Å². The van der Waals surface area contributed by atoms with Gasteiger partial charge in [0.1, 0.15) is 0 Å². The van der Waals surface area contributed by atoms with Gasteiger partial charge in [0.15, 0.2) is 5.13 Å². The second kappa shape index (κ2) is 9.20. The highest BCUT2D eigenvalue weighted by atomic mass is 32.2. The summed E-state index contributed by atoms with van der Waals surface area (Å²) in [6.45, 7) is 6.58. The molecule has 0 bridgehead atoms. The zero-order valence-electron chi connectivity index (χ0n) is 18.7. The molecule has 3 aromatic rings. The van der Waals surface area contributed by atoms with Gasteiger partial charge in [-0.15, -0.1) is 0 Å². The molecule has 2 N–H and O–H groups in total. The standard InChI is InChI=1S/C23H26N4O4S2/c1-14-10-15(2)13-27(12-14)33(30,31)19-7-4-17(5-8-19)22(29)26-23-25-20-9-6-18(24-16(3)28)11-21(20)32-23/h4-9,11,14-15H,10,12-13H2,1-3H3,(H,24,28)(H,25,26,29)/t14-,15-/m0/s1. The number of hydrogen-bond donors (Lipinski definition) is 2. The van der Waals surface area contributed by atoms with E-state index in [4.69, 9.17) is 0 Å². The number of benzene rings is 2. The van der Waals surface area contributed by atoms with Gasteiger partial charge in [0, 0.05) is 31.3 Å². The summed E-state index contributed by atoms with van der Waals surface area (Å²) < 4.78 is 28.4. The van der Waals surface area contributed by atoms with Crippen LogP contribution >= 0.6 is 11.3 Å². The lowest BCUT2D eigenvalue weighted by Crippen LogP contribution is -2.42. The SMILES string of the molecule is CC(=O)Nc1ccc2nc(NC(=O)c3ccc(S(=O)(=O)N4C[C@@H](C)C[C@H](C)C4)cc3)sc2c1. The van der Waals surface area contributed by atoms with Crippen LogP contribution in [0, 0.1) is 11.8 Å². The Kier molecular flexibility index (Phi) is 6.51. The average molecular weight is 487 g/mol. The second-order valence-corrected chi connectivity index (χ2v) is 11.6. The van der Waals surface area contributed by atoms with Crippen molar-refractivity contribution in [2.75, 3.05) is 23.7 Å². The number of hydrogen-bond acceptors (Lipinski definition) is 6. The number of anilines is 2. The molecule has 33 heavy (non-hydrogen) atoms. The molecule has 174 valence electrons. The van der Waals surface area contributed by atoms with Crippen LogP contribution in [0.5, 0.6) is 0 Å². The second-order valence-electron chi connectivity index (χ2n) is 8.63. The first-order valence-electron chi connectivity index (χ1n) is 10.7. The van der Waals surface area contributed by atoms with E-state index >= 15 is 0 Å². The molecule has 1 aromatic heterocycles. The Morgan fingerprint density at radius 2 is 1.70 bits per heavy atom. The van der Waals surface area contributed by atoms with Gasteiger partial charge in [-0.1, -0.05) is 25.2 Å². The van der Waals surface area contributed by atoms with E-state index in [1.807, 2.05) is 0 Å². The molecule has 1 saturated heterocycles. The van der Waals surface area contributed by atoms with Crippen molar-refractivity contribution in [3.63, 3.8) is 0 Å². The van der Waals surface area contributed by atoms with Crippen LogP contribution in [0.2, 0.25) is 0 Å². The van der Waals surface area contributed by atoms with E-state index in [0.717, 1.165) is 11.1 Å². The van der Waals surface area contributed by atoms with E-state index in [9.17, 15) is 18.0 Å². The number of carbonyl (C=O) groups excluding carboxylic acids is 2. The zero-order chi connectivity index (χ0) is 23.8. The Morgan fingerprint density at radius 3 is 2.33 bits per heavy atom. The maximum absolute atomic E-state index is 13.0. The third-order valence-corrected chi connectivity index (χ3v) is 8.30. The number of sulfonamides is 1. The fourth-order valence-corrected chi connectivity index (χ4v) is 6.74. The minimum atomic E-state index is -3.60. The van der Waals surface area contributed by atoms with Gasteiger partial charge in [0.25, 0.3) is 5.91 Å². The van der Waals surface area contributed by atoms with Crippen molar-refractivity contribution in [3.05, 3.63) is 48.0 Å². The quantitative estimate of drug-likeness (QED) is 0.563. The van der Waals surface area contributed by atoms with Gasteiger partial charge in [-0.05, 0) is 60.7 Å². The number of nitrogens with zero attached hydrogens (tertiary/aromatic N) is 2. The molecule has 0 unspecified atom stereocenters. The Labute approximate surface area is 197 Å². The van der Waals surface area contributed by atoms with Gasteiger partial charge < -0.3 is 5.32 Å². The largest absolute Gasteiger partial charge is 0.326 e. The van der Waals surface area contributed by atoms with Crippen LogP contribution in [0.25, 0.3) is 10.2 Å². The molecular weight excluding hydrogens is 460 g/mol. The van der Waals surface area contributed by atoms with Crippen LogP contribution in [-0.4, -0.2) is 42.6 Å². The van der Waals surface area contributed by atoms with E-state index < -0.39 is 10.0 Å². The van der Waals surface area contributed by atoms with Gasteiger partial charge in [-0.3, -0.25) is 14.9 Å². The van der Waals surface area contributed by atoms with Gasteiger partial charge in [-0.25, -0.2) is 13.4 Å². The molecule has 1 aliphatic rings. The number of aromatic nitrogens is 1. The average Bonchev–Trinajstić information content (AvgIpc) is 3.14. The maximum Gasteiger partial charge on any atom is 0.257 e. The highest BCUT2D eigenvalue weighted by molar-refractivity contribution is 7.89. The molecular formula is C23H26N4O4S2. The predicted octanol–water partition coefficient (Wildman–Crippen LogP) is 4.17. The highest BCUT2D eigenvalue weighted by Gasteiger charge is 2.31. The van der Waals surface area contributed by atoms with Crippen molar-refractivity contribution >= 4 is 54.2 Å². The van der Waals surface area contributed by atoms with Crippen LogP contribution in [-0.2, 0) is 14.8 Å². The molecule has 4 rings (SSSR count). The smallest absolute Gasteiger partial charge is 0.257 e. The lowest BCUT2D eigenvalue weighted by Gasteiger charge is -2.34. The van der Waals surface area contributed by atoms with Crippen LogP contribution in [0.3, 0.4) is 0 Å². The molecule has 2 aromatic carbocycles. The molecule has 0 saturated carbocycles. The molecule has 8 nitrogen and oxygen atoms in total. The molecule has 0 radical (unpaired) electrons. The summed E-state index contributed by atoms with van der Waals surface area (Å²) in [7, 11) is -3.60. The van der Waals surface area contributed by atoms with Gasteiger partial charge in [0.2, 0.25) is 15.9 Å². The molecule has 1 fully saturated rings. The summed E-state index contributed by atoms with van der Waals surface area (Å²) in [6.07, 6.45) is 1.02. The first kappa shape index (κ1) is 23.3. The molecule has 2 atom stereocenters. The van der Waals surface area contributed by atoms with Crippen molar-refractivity contribution in [2.45, 2.75) is 32.1 Å². The van der Waals surface area contributed by atoms with E-state index in [1.54, 1.807) is 18.2 Å². The van der Waals surface area contributed by atoms with Gasteiger partial charge in [0.05, 0.1) is 15.1 Å². The number of carbonyl (C=O) groups is 2. The van der Waals surface area contributed by atoms with Crippen molar-refractivity contribution < 1.29 is 18.0 Å². The molecule has 2 heterocycles. The summed E-state index contributed by atoms with van der Waals surface area (Å²) in [5.41, 5.74) is 1.70. The maximum atomic E-state index is 13.0. The zero-order valence-corrected chi connectivity index (χ0v) is 20.3. The summed E-state index contributed by atoms with van der Waals surface area (Å²) >= 11 is 1.29. The van der Waals surface area contributed by atoms with Crippen molar-refractivity contribution in [1.82, 2.24) is 9.29 Å². The Morgan fingerprint density at radius 1 is 1.03 bits per heavy atom. The lowest BCUT2D eigenvalue weighted by molar-refractivity contribution is -0.114. The number of nitrogens with one attached hydrogen (secondary N) is 2. The van der Waals surface area contributed by atoms with E-state index in [0.29, 0.717) is 46.8 Å². The number of piperidine rings is 1. The Balaban J connectivity index is 1.48. The lowest BCUT2D eigenvalue weighted by atomic mass is 9.94. The van der Waals surface area contributed by atoms with Crippen LogP contribution in [0.1, 0.15) is 37.6 Å². The van der Waals surface area contributed by atoms with Crippen LogP contribution in [0.15, 0.2) is 47.4 Å². The van der Waals surface area contributed by atoms with Gasteiger partial charge >= 0.3 is 0 Å². The number of fused-ring (bicyclic) bond motifs is 1. The summed E-state index contributed by atoms with van der Waals surface area (Å²) in [5.74, 6) is 0.0934. The third-order valence-electron chi connectivity index (χ3n) is 5.52. The predicted molar refractivity (Wildman–Crippen MR) is 130 cm³/mol. The first-order valence-corrected chi connectivity index (χ1v) is 13.0. The molecule has 1 aliphatic heterocycles. The summed E-state index contributed by atoms with van der Waals surface area (Å²) in [4.78, 5) is 28.5. The molecule has 0 aliphatic carbocycles. The molecule has 2 amide bonds. The molecule has 0 spiro atoms. The summed E-state index contributed by atoms with van der Waals surface area (Å²) in [6, 6.07) is 11.3. The van der Waals surface area contributed by atoms with Gasteiger partial charge in [-0.2, -0.15) is 4.31 Å². The fraction of sp³-hybridized carbons (Fsp3) is 0.348. The third kappa shape index (κ3) is 5.23. The van der Waals surface area contributed by atoms with Crippen LogP contribution in [0.4, 0.5) is 10.8 Å². The summed E-state index contributed by atoms with van der Waals surface area (Å²) in [5, 5.41) is 5.90. The monoisotopic (exact) mass is 486 g/mol. The topological polar surface area (TPSA) is 108 Å². The Bertz CT molecular complexity index is 1290. The fourth-order valence-electron chi connectivity index (χ4n) is 4.16. The Hall–Kier alpha value is -2.82. The highest BCUT2D eigenvalue weighted by Crippen LogP contribution is 2.29. The van der Waals surface area contributed by atoms with E-state index in [1.165, 1.54) is 46.8 Å². The number of thiazole rings is 1. The van der Waals surface area contributed by atoms with Crippen molar-refractivity contribution in [3.8, 4) is 0 Å².